The summed E-state index contributed by atoms with van der Waals surface area (Å²) >= 11 is 1.62. The summed E-state index contributed by atoms with van der Waals surface area (Å²) in [4.78, 5) is 21.7. The number of aryl methyl sites for hydroxylation is 3. The third-order valence-electron chi connectivity index (χ3n) is 5.02. The molecule has 7 heteroatoms. The predicted molar refractivity (Wildman–Crippen MR) is 105 cm³/mol. The number of rotatable bonds is 3. The summed E-state index contributed by atoms with van der Waals surface area (Å²) < 4.78 is 2.91. The van der Waals surface area contributed by atoms with Crippen molar-refractivity contribution in [1.82, 2.24) is 19.7 Å². The highest BCUT2D eigenvalue weighted by atomic mass is 32.1. The second-order valence-corrected chi connectivity index (χ2v) is 7.95. The zero-order valence-corrected chi connectivity index (χ0v) is 16.4. The largest absolute Gasteiger partial charge is 0.335 e. The smallest absolute Gasteiger partial charge is 0.245 e. The fraction of sp³-hybridized carbons (Fsp3) is 0.421. The Hall–Kier alpha value is -2.41. The lowest BCUT2D eigenvalue weighted by Crippen LogP contribution is -2.55. The molecule has 1 unspecified atom stereocenters. The maximum Gasteiger partial charge on any atom is 0.245 e. The lowest BCUT2D eigenvalue weighted by molar-refractivity contribution is -0.134. The molecule has 3 aromatic rings. The molecule has 1 amide bonds. The van der Waals surface area contributed by atoms with Crippen LogP contribution in [-0.4, -0.2) is 44.7 Å². The SMILES string of the molecule is Cc1ccc(CN2CCN(c3nc4c(s3)c(C)nn4C)C(C)C2=O)cc1. The fourth-order valence-corrected chi connectivity index (χ4v) is 4.60. The number of carbonyl (C=O) groups excluding carboxylic acids is 1. The number of hydrogen-bond acceptors (Lipinski definition) is 5. The highest BCUT2D eigenvalue weighted by Crippen LogP contribution is 2.33. The van der Waals surface area contributed by atoms with Gasteiger partial charge < -0.3 is 9.80 Å². The lowest BCUT2D eigenvalue weighted by Gasteiger charge is -2.39. The van der Waals surface area contributed by atoms with Crippen molar-refractivity contribution in [2.75, 3.05) is 18.0 Å². The van der Waals surface area contributed by atoms with E-state index in [-0.39, 0.29) is 11.9 Å². The highest BCUT2D eigenvalue weighted by molar-refractivity contribution is 7.22. The molecule has 3 heterocycles. The van der Waals surface area contributed by atoms with Crippen LogP contribution >= 0.6 is 11.3 Å². The first-order valence-electron chi connectivity index (χ1n) is 8.85. The summed E-state index contributed by atoms with van der Waals surface area (Å²) in [6, 6.07) is 8.18. The molecule has 0 aliphatic carbocycles. The molecule has 0 radical (unpaired) electrons. The van der Waals surface area contributed by atoms with E-state index < -0.39 is 0 Å². The van der Waals surface area contributed by atoms with Crippen LogP contribution in [0.4, 0.5) is 5.13 Å². The van der Waals surface area contributed by atoms with Gasteiger partial charge in [-0.2, -0.15) is 5.10 Å². The van der Waals surface area contributed by atoms with Crippen LogP contribution < -0.4 is 4.90 Å². The molecular formula is C19H23N5OS. The zero-order valence-electron chi connectivity index (χ0n) is 15.6. The maximum atomic E-state index is 12.9. The summed E-state index contributed by atoms with van der Waals surface area (Å²) in [5.41, 5.74) is 4.29. The molecule has 1 fully saturated rings. The van der Waals surface area contributed by atoms with Gasteiger partial charge in [-0.05, 0) is 26.3 Å². The summed E-state index contributed by atoms with van der Waals surface area (Å²) in [5, 5.41) is 5.32. The molecule has 0 bridgehead atoms. The van der Waals surface area contributed by atoms with Crippen molar-refractivity contribution in [1.29, 1.82) is 0 Å². The average molecular weight is 369 g/mol. The minimum absolute atomic E-state index is 0.158. The number of fused-ring (bicyclic) bond motifs is 1. The lowest BCUT2D eigenvalue weighted by atomic mass is 10.1. The van der Waals surface area contributed by atoms with E-state index in [9.17, 15) is 4.79 Å². The van der Waals surface area contributed by atoms with Gasteiger partial charge in [-0.1, -0.05) is 41.2 Å². The van der Waals surface area contributed by atoms with Gasteiger partial charge in [-0.15, -0.1) is 0 Å². The van der Waals surface area contributed by atoms with Gasteiger partial charge >= 0.3 is 0 Å². The van der Waals surface area contributed by atoms with E-state index in [0.29, 0.717) is 13.1 Å². The normalized spacial score (nSPS) is 18.2. The summed E-state index contributed by atoms with van der Waals surface area (Å²) in [7, 11) is 1.91. The third-order valence-corrected chi connectivity index (χ3v) is 6.21. The number of hydrogen-bond donors (Lipinski definition) is 0. The summed E-state index contributed by atoms with van der Waals surface area (Å²) in [6.07, 6.45) is 0. The van der Waals surface area contributed by atoms with Gasteiger partial charge in [0.2, 0.25) is 5.91 Å². The van der Waals surface area contributed by atoms with Crippen LogP contribution in [0.5, 0.6) is 0 Å². The Morgan fingerprint density at radius 2 is 1.92 bits per heavy atom. The van der Waals surface area contributed by atoms with Crippen LogP contribution in [0.15, 0.2) is 24.3 Å². The van der Waals surface area contributed by atoms with Crippen LogP contribution in [0, 0.1) is 13.8 Å². The maximum absolute atomic E-state index is 12.9. The Morgan fingerprint density at radius 3 is 2.62 bits per heavy atom. The minimum atomic E-state index is -0.206. The molecule has 26 heavy (non-hydrogen) atoms. The van der Waals surface area contributed by atoms with Crippen molar-refractivity contribution in [3.63, 3.8) is 0 Å². The molecule has 1 aliphatic heterocycles. The standard InChI is InChI=1S/C19H23N5OS/c1-12-5-7-15(8-6-12)11-23-9-10-24(14(3)18(23)25)19-20-17-16(26-19)13(2)21-22(17)4/h5-8,14H,9-11H2,1-4H3. The number of amides is 1. The van der Waals surface area contributed by atoms with Gasteiger partial charge in [-0.3, -0.25) is 4.79 Å². The Labute approximate surface area is 157 Å². The molecule has 0 N–H and O–H groups in total. The van der Waals surface area contributed by atoms with Crippen molar-refractivity contribution in [3.8, 4) is 0 Å². The zero-order chi connectivity index (χ0) is 18.4. The van der Waals surface area contributed by atoms with Crippen LogP contribution in [0.2, 0.25) is 0 Å². The fourth-order valence-electron chi connectivity index (χ4n) is 3.46. The van der Waals surface area contributed by atoms with Crippen molar-refractivity contribution >= 4 is 32.7 Å². The van der Waals surface area contributed by atoms with Gasteiger partial charge in [0.25, 0.3) is 0 Å². The monoisotopic (exact) mass is 369 g/mol. The Morgan fingerprint density at radius 1 is 1.19 bits per heavy atom. The Kier molecular flexibility index (Phi) is 4.19. The van der Waals surface area contributed by atoms with E-state index in [0.717, 1.165) is 27.7 Å². The molecule has 6 nitrogen and oxygen atoms in total. The van der Waals surface area contributed by atoms with E-state index in [1.165, 1.54) is 11.1 Å². The molecule has 1 atom stereocenters. The first-order chi connectivity index (χ1) is 12.4. The molecule has 4 rings (SSSR count). The first-order valence-corrected chi connectivity index (χ1v) is 9.67. The molecule has 136 valence electrons. The Bertz CT molecular complexity index is 924. The third kappa shape index (κ3) is 2.86. The van der Waals surface area contributed by atoms with Gasteiger partial charge in [0.1, 0.15) is 6.04 Å². The number of aromatic nitrogens is 3. The highest BCUT2D eigenvalue weighted by Gasteiger charge is 2.33. The van der Waals surface area contributed by atoms with Crippen molar-refractivity contribution in [2.24, 2.45) is 7.05 Å². The van der Waals surface area contributed by atoms with E-state index >= 15 is 0 Å². The molecule has 1 aliphatic rings. The number of carbonyl (C=O) groups is 1. The van der Waals surface area contributed by atoms with E-state index in [2.05, 4.69) is 41.2 Å². The van der Waals surface area contributed by atoms with Crippen molar-refractivity contribution in [3.05, 3.63) is 41.1 Å². The number of benzene rings is 1. The number of thiazole rings is 1. The molecule has 1 saturated heterocycles. The molecule has 2 aromatic heterocycles. The quantitative estimate of drug-likeness (QED) is 0.712. The number of anilines is 1. The minimum Gasteiger partial charge on any atom is -0.335 e. The Balaban J connectivity index is 1.53. The van der Waals surface area contributed by atoms with Crippen molar-refractivity contribution < 1.29 is 4.79 Å². The van der Waals surface area contributed by atoms with E-state index in [1.807, 2.05) is 30.5 Å². The summed E-state index contributed by atoms with van der Waals surface area (Å²) in [5.74, 6) is 0.158. The van der Waals surface area contributed by atoms with Gasteiger partial charge in [-0.25, -0.2) is 9.67 Å². The topological polar surface area (TPSA) is 54.3 Å². The predicted octanol–water partition coefficient (Wildman–Crippen LogP) is 2.88. The van der Waals surface area contributed by atoms with E-state index in [4.69, 9.17) is 4.98 Å². The second kappa shape index (κ2) is 6.39. The van der Waals surface area contributed by atoms with Crippen LogP contribution in [-0.2, 0) is 18.4 Å². The van der Waals surface area contributed by atoms with Gasteiger partial charge in [0.05, 0.1) is 10.4 Å². The molecule has 0 spiro atoms. The van der Waals surface area contributed by atoms with Crippen LogP contribution in [0.25, 0.3) is 10.3 Å². The van der Waals surface area contributed by atoms with Gasteiger partial charge in [0.15, 0.2) is 10.8 Å². The van der Waals surface area contributed by atoms with Crippen molar-refractivity contribution in [2.45, 2.75) is 33.4 Å². The number of nitrogens with zero attached hydrogens (tertiary/aromatic N) is 5. The molecule has 0 saturated carbocycles. The van der Waals surface area contributed by atoms with Gasteiger partial charge in [0, 0.05) is 26.7 Å². The average Bonchev–Trinajstić information content (AvgIpc) is 3.16. The van der Waals surface area contributed by atoms with Crippen LogP contribution in [0.3, 0.4) is 0 Å². The molecular weight excluding hydrogens is 346 g/mol. The van der Waals surface area contributed by atoms with Crippen LogP contribution in [0.1, 0.15) is 23.7 Å². The molecule has 1 aromatic carbocycles. The second-order valence-electron chi connectivity index (χ2n) is 6.97. The summed E-state index contributed by atoms with van der Waals surface area (Å²) in [6.45, 7) is 8.22. The number of piperazine rings is 1. The first kappa shape index (κ1) is 17.0. The van der Waals surface area contributed by atoms with E-state index in [1.54, 1.807) is 11.3 Å².